The van der Waals surface area contributed by atoms with Crippen LogP contribution in [0.5, 0.6) is 0 Å². The third-order valence-corrected chi connectivity index (χ3v) is 2.97. The van der Waals surface area contributed by atoms with Gasteiger partial charge in [0.2, 0.25) is 5.82 Å². The van der Waals surface area contributed by atoms with Crippen molar-refractivity contribution in [3.05, 3.63) is 33.8 Å². The van der Waals surface area contributed by atoms with Gasteiger partial charge < -0.3 is 5.32 Å². The van der Waals surface area contributed by atoms with E-state index in [1.54, 1.807) is 11.7 Å². The van der Waals surface area contributed by atoms with E-state index in [1.807, 2.05) is 26.2 Å². The molecule has 0 saturated heterocycles. The minimum atomic E-state index is -0.376. The standard InChI is InChI=1S/C12H18N6O2/c1-4-5-10-11(18(19)20)12(17(3)15-10)13-8-9-6-7-16(2)14-9/h6-7,13H,4-5,8H2,1-3H3. The number of hydrogen-bond acceptors (Lipinski definition) is 5. The summed E-state index contributed by atoms with van der Waals surface area (Å²) < 4.78 is 3.21. The van der Waals surface area contributed by atoms with Gasteiger partial charge in [-0.1, -0.05) is 13.3 Å². The van der Waals surface area contributed by atoms with Crippen LogP contribution >= 0.6 is 0 Å². The van der Waals surface area contributed by atoms with Gasteiger partial charge in [0, 0.05) is 20.3 Å². The lowest BCUT2D eigenvalue weighted by atomic mass is 10.2. The second-order valence-electron chi connectivity index (χ2n) is 4.61. The number of anilines is 1. The third-order valence-electron chi connectivity index (χ3n) is 2.97. The summed E-state index contributed by atoms with van der Waals surface area (Å²) in [6.45, 7) is 2.40. The molecule has 0 saturated carbocycles. The Morgan fingerprint density at radius 2 is 2.15 bits per heavy atom. The molecule has 0 aromatic carbocycles. The van der Waals surface area contributed by atoms with Crippen LogP contribution in [0.25, 0.3) is 0 Å². The minimum absolute atomic E-state index is 0.0604. The average Bonchev–Trinajstić information content (AvgIpc) is 2.91. The lowest BCUT2D eigenvalue weighted by molar-refractivity contribution is -0.384. The maximum absolute atomic E-state index is 11.2. The van der Waals surface area contributed by atoms with Gasteiger partial charge in [-0.2, -0.15) is 10.2 Å². The zero-order chi connectivity index (χ0) is 14.7. The highest BCUT2D eigenvalue weighted by Gasteiger charge is 2.25. The maximum atomic E-state index is 11.2. The molecule has 2 rings (SSSR count). The minimum Gasteiger partial charge on any atom is -0.359 e. The number of aryl methyl sites for hydroxylation is 3. The fourth-order valence-corrected chi connectivity index (χ4v) is 2.10. The molecule has 1 N–H and O–H groups in total. The number of nitrogens with one attached hydrogen (secondary N) is 1. The maximum Gasteiger partial charge on any atom is 0.334 e. The van der Waals surface area contributed by atoms with Gasteiger partial charge >= 0.3 is 5.69 Å². The smallest absolute Gasteiger partial charge is 0.334 e. The fourth-order valence-electron chi connectivity index (χ4n) is 2.10. The van der Waals surface area contributed by atoms with Crippen molar-refractivity contribution in [2.45, 2.75) is 26.3 Å². The Morgan fingerprint density at radius 1 is 1.40 bits per heavy atom. The summed E-state index contributed by atoms with van der Waals surface area (Å²) in [5.74, 6) is 0.420. The Morgan fingerprint density at radius 3 is 2.70 bits per heavy atom. The largest absolute Gasteiger partial charge is 0.359 e. The first-order chi connectivity index (χ1) is 9.52. The summed E-state index contributed by atoms with van der Waals surface area (Å²) in [6, 6.07) is 1.86. The van der Waals surface area contributed by atoms with E-state index in [0.717, 1.165) is 12.1 Å². The van der Waals surface area contributed by atoms with Crippen molar-refractivity contribution < 1.29 is 4.92 Å². The predicted molar refractivity (Wildman–Crippen MR) is 74.4 cm³/mol. The van der Waals surface area contributed by atoms with E-state index in [2.05, 4.69) is 15.5 Å². The number of nitrogens with zero attached hydrogens (tertiary/aromatic N) is 5. The van der Waals surface area contributed by atoms with Crippen LogP contribution < -0.4 is 5.32 Å². The highest BCUT2D eigenvalue weighted by molar-refractivity contribution is 5.59. The van der Waals surface area contributed by atoms with E-state index >= 15 is 0 Å². The summed E-state index contributed by atoms with van der Waals surface area (Å²) in [5, 5.41) is 22.7. The van der Waals surface area contributed by atoms with Crippen LogP contribution in [0.1, 0.15) is 24.7 Å². The summed E-state index contributed by atoms with van der Waals surface area (Å²) in [6.07, 6.45) is 3.24. The van der Waals surface area contributed by atoms with E-state index in [9.17, 15) is 10.1 Å². The Hall–Kier alpha value is -2.38. The second kappa shape index (κ2) is 5.72. The molecule has 8 heteroatoms. The van der Waals surface area contributed by atoms with Gasteiger partial charge in [0.05, 0.1) is 17.2 Å². The molecule has 0 amide bonds. The van der Waals surface area contributed by atoms with Crippen molar-refractivity contribution in [2.75, 3.05) is 5.32 Å². The second-order valence-corrected chi connectivity index (χ2v) is 4.61. The van der Waals surface area contributed by atoms with Crippen LogP contribution in [0.4, 0.5) is 11.5 Å². The highest BCUT2D eigenvalue weighted by Crippen LogP contribution is 2.29. The van der Waals surface area contributed by atoms with Gasteiger partial charge in [-0.15, -0.1) is 0 Å². The first-order valence-corrected chi connectivity index (χ1v) is 6.45. The Balaban J connectivity index is 2.23. The average molecular weight is 278 g/mol. The molecule has 0 bridgehead atoms. The molecule has 0 aliphatic rings. The molecule has 0 atom stereocenters. The molecule has 20 heavy (non-hydrogen) atoms. The van der Waals surface area contributed by atoms with Gasteiger partial charge in [0.25, 0.3) is 0 Å². The lowest BCUT2D eigenvalue weighted by Gasteiger charge is -2.03. The van der Waals surface area contributed by atoms with Gasteiger partial charge in [-0.25, -0.2) is 4.68 Å². The molecular weight excluding hydrogens is 260 g/mol. The SMILES string of the molecule is CCCc1nn(C)c(NCc2ccn(C)n2)c1[N+](=O)[O-]. The molecule has 0 aliphatic carbocycles. The van der Waals surface area contributed by atoms with Crippen LogP contribution in [-0.2, 0) is 27.1 Å². The van der Waals surface area contributed by atoms with E-state index in [4.69, 9.17) is 0 Å². The molecule has 8 nitrogen and oxygen atoms in total. The molecule has 2 heterocycles. The van der Waals surface area contributed by atoms with E-state index in [0.29, 0.717) is 24.5 Å². The van der Waals surface area contributed by atoms with Crippen molar-refractivity contribution in [1.29, 1.82) is 0 Å². The fraction of sp³-hybridized carbons (Fsp3) is 0.500. The zero-order valence-electron chi connectivity index (χ0n) is 11.8. The summed E-state index contributed by atoms with van der Waals surface area (Å²) >= 11 is 0. The molecule has 0 unspecified atom stereocenters. The van der Waals surface area contributed by atoms with Gasteiger partial charge in [-0.05, 0) is 12.5 Å². The van der Waals surface area contributed by atoms with Gasteiger partial charge in [0.15, 0.2) is 0 Å². The lowest BCUT2D eigenvalue weighted by Crippen LogP contribution is -2.07. The van der Waals surface area contributed by atoms with Crippen LogP contribution in [0.15, 0.2) is 12.3 Å². The van der Waals surface area contributed by atoms with Gasteiger partial charge in [0.1, 0.15) is 5.69 Å². The van der Waals surface area contributed by atoms with E-state index < -0.39 is 0 Å². The number of nitro groups is 1. The normalized spacial score (nSPS) is 10.8. The topological polar surface area (TPSA) is 90.8 Å². The predicted octanol–water partition coefficient (Wildman–Crippen LogP) is 1.63. The van der Waals surface area contributed by atoms with Crippen LogP contribution in [0.3, 0.4) is 0 Å². The molecule has 2 aromatic heterocycles. The third kappa shape index (κ3) is 2.79. The Labute approximate surface area is 116 Å². The summed E-state index contributed by atoms with van der Waals surface area (Å²) in [7, 11) is 3.53. The van der Waals surface area contributed by atoms with Crippen molar-refractivity contribution in [2.24, 2.45) is 14.1 Å². The highest BCUT2D eigenvalue weighted by atomic mass is 16.6. The van der Waals surface area contributed by atoms with Gasteiger partial charge in [-0.3, -0.25) is 14.8 Å². The molecule has 0 spiro atoms. The molecular formula is C12H18N6O2. The van der Waals surface area contributed by atoms with E-state index in [-0.39, 0.29) is 10.6 Å². The Bertz CT molecular complexity index is 615. The number of rotatable bonds is 6. The zero-order valence-corrected chi connectivity index (χ0v) is 11.8. The monoisotopic (exact) mass is 278 g/mol. The first-order valence-electron chi connectivity index (χ1n) is 6.45. The Kier molecular flexibility index (Phi) is 4.02. The number of aromatic nitrogens is 4. The van der Waals surface area contributed by atoms with E-state index in [1.165, 1.54) is 4.68 Å². The first kappa shape index (κ1) is 14.0. The van der Waals surface area contributed by atoms with Crippen molar-refractivity contribution in [3.8, 4) is 0 Å². The summed E-state index contributed by atoms with van der Waals surface area (Å²) in [5.41, 5.74) is 1.40. The van der Waals surface area contributed by atoms with Crippen LogP contribution in [0, 0.1) is 10.1 Å². The van der Waals surface area contributed by atoms with Crippen LogP contribution in [-0.4, -0.2) is 24.5 Å². The quantitative estimate of drug-likeness (QED) is 0.640. The molecule has 108 valence electrons. The summed E-state index contributed by atoms with van der Waals surface area (Å²) in [4.78, 5) is 10.9. The number of hydrogen-bond donors (Lipinski definition) is 1. The van der Waals surface area contributed by atoms with Crippen molar-refractivity contribution in [3.63, 3.8) is 0 Å². The molecule has 0 radical (unpaired) electrons. The molecule has 0 fully saturated rings. The molecule has 2 aromatic rings. The molecule has 0 aliphatic heterocycles. The van der Waals surface area contributed by atoms with Crippen molar-refractivity contribution >= 4 is 11.5 Å². The van der Waals surface area contributed by atoms with Crippen LogP contribution in [0.2, 0.25) is 0 Å². The van der Waals surface area contributed by atoms with Crippen molar-refractivity contribution in [1.82, 2.24) is 19.6 Å².